The number of nitrogens with zero attached hydrogens (tertiary/aromatic N) is 1. The summed E-state index contributed by atoms with van der Waals surface area (Å²) in [6.07, 6.45) is 2.85. The van der Waals surface area contributed by atoms with Crippen LogP contribution in [-0.2, 0) is 21.1 Å². The van der Waals surface area contributed by atoms with Crippen LogP contribution in [0.1, 0.15) is 30.2 Å². The molecular weight excluding hydrogens is 363 g/mol. The molecular formula is C17H19FN2O3S2. The van der Waals surface area contributed by atoms with Crippen molar-refractivity contribution in [3.05, 3.63) is 46.7 Å². The predicted molar refractivity (Wildman–Crippen MR) is 95.9 cm³/mol. The molecule has 0 unspecified atom stereocenters. The Morgan fingerprint density at radius 2 is 2.08 bits per heavy atom. The molecule has 1 aliphatic heterocycles. The van der Waals surface area contributed by atoms with E-state index in [-0.39, 0.29) is 23.2 Å². The van der Waals surface area contributed by atoms with Gasteiger partial charge in [-0.2, -0.15) is 0 Å². The quantitative estimate of drug-likeness (QED) is 0.882. The van der Waals surface area contributed by atoms with Crippen LogP contribution in [0.3, 0.4) is 0 Å². The average Bonchev–Trinajstić information content (AvgIpc) is 2.97. The lowest BCUT2D eigenvalue weighted by molar-refractivity contribution is -0.125. The molecule has 2 aromatic rings. The number of thiazole rings is 1. The fraction of sp³-hybridized carbons (Fsp3) is 0.412. The van der Waals surface area contributed by atoms with Gasteiger partial charge >= 0.3 is 0 Å². The molecule has 5 nitrogen and oxygen atoms in total. The van der Waals surface area contributed by atoms with Gasteiger partial charge < -0.3 is 5.32 Å². The van der Waals surface area contributed by atoms with Crippen molar-refractivity contribution in [1.29, 1.82) is 0 Å². The van der Waals surface area contributed by atoms with Gasteiger partial charge in [0.15, 0.2) is 5.13 Å². The Hall–Kier alpha value is -1.80. The van der Waals surface area contributed by atoms with Crippen LogP contribution in [0.25, 0.3) is 0 Å². The van der Waals surface area contributed by atoms with Crippen molar-refractivity contribution in [3.8, 4) is 0 Å². The predicted octanol–water partition coefficient (Wildman–Crippen LogP) is 3.03. The van der Waals surface area contributed by atoms with Crippen molar-refractivity contribution in [1.82, 2.24) is 4.98 Å². The van der Waals surface area contributed by atoms with Gasteiger partial charge in [0, 0.05) is 22.9 Å². The molecule has 134 valence electrons. The standard InChI is InChI=1S/C17H19FN2O3S2/c1-17(5-7-25(22,23)8-6-17)15(21)20-16-19-11-14(24-16)10-12-3-2-4-13(18)9-12/h2-4,9,11H,5-8,10H2,1H3,(H,19,20,21). The van der Waals surface area contributed by atoms with Gasteiger partial charge in [0.2, 0.25) is 5.91 Å². The molecule has 0 saturated carbocycles. The molecule has 1 fully saturated rings. The molecule has 0 radical (unpaired) electrons. The first kappa shape index (κ1) is 18.0. The number of carbonyl (C=O) groups is 1. The van der Waals surface area contributed by atoms with Gasteiger partial charge in [-0.3, -0.25) is 4.79 Å². The minimum Gasteiger partial charge on any atom is -0.301 e. The second kappa shape index (κ2) is 6.84. The summed E-state index contributed by atoms with van der Waals surface area (Å²) in [7, 11) is -3.02. The number of aromatic nitrogens is 1. The van der Waals surface area contributed by atoms with Crippen LogP contribution >= 0.6 is 11.3 Å². The number of benzene rings is 1. The summed E-state index contributed by atoms with van der Waals surface area (Å²) in [6, 6.07) is 6.37. The van der Waals surface area contributed by atoms with E-state index in [0.717, 1.165) is 10.4 Å². The number of anilines is 1. The first-order chi connectivity index (χ1) is 11.8. The van der Waals surface area contributed by atoms with Gasteiger partial charge in [-0.1, -0.05) is 19.1 Å². The van der Waals surface area contributed by atoms with Crippen molar-refractivity contribution >= 4 is 32.2 Å². The van der Waals surface area contributed by atoms with Crippen LogP contribution < -0.4 is 5.32 Å². The van der Waals surface area contributed by atoms with E-state index >= 15 is 0 Å². The molecule has 1 aromatic carbocycles. The number of rotatable bonds is 4. The van der Waals surface area contributed by atoms with Crippen molar-refractivity contribution in [2.45, 2.75) is 26.2 Å². The normalized spacial score (nSPS) is 18.6. The maximum atomic E-state index is 13.2. The van der Waals surface area contributed by atoms with Crippen LogP contribution in [0.15, 0.2) is 30.5 Å². The third kappa shape index (κ3) is 4.43. The molecule has 2 heterocycles. The zero-order valence-electron chi connectivity index (χ0n) is 13.8. The van der Waals surface area contributed by atoms with E-state index < -0.39 is 15.3 Å². The van der Waals surface area contributed by atoms with Crippen LogP contribution in [0, 0.1) is 11.2 Å². The Kier molecular flexibility index (Phi) is 4.92. The second-order valence-corrected chi connectivity index (χ2v) is 10.0. The molecule has 8 heteroatoms. The summed E-state index contributed by atoms with van der Waals surface area (Å²) in [5, 5.41) is 3.27. The Labute approximate surface area is 150 Å². The highest BCUT2D eigenvalue weighted by atomic mass is 32.2. The monoisotopic (exact) mass is 382 g/mol. The molecule has 1 amide bonds. The maximum Gasteiger partial charge on any atom is 0.232 e. The highest BCUT2D eigenvalue weighted by Gasteiger charge is 2.39. The third-order valence-corrected chi connectivity index (χ3v) is 7.08. The van der Waals surface area contributed by atoms with E-state index in [1.165, 1.54) is 23.5 Å². The number of carbonyl (C=O) groups excluding carboxylic acids is 1. The van der Waals surface area contributed by atoms with Gasteiger partial charge in [-0.15, -0.1) is 11.3 Å². The lowest BCUT2D eigenvalue weighted by atomic mass is 9.83. The number of amides is 1. The summed E-state index contributed by atoms with van der Waals surface area (Å²) in [5.41, 5.74) is 0.144. The molecule has 0 aliphatic carbocycles. The fourth-order valence-electron chi connectivity index (χ4n) is 2.76. The SMILES string of the molecule is CC1(C(=O)Nc2ncc(Cc3cccc(F)c3)s2)CCS(=O)(=O)CC1. The smallest absolute Gasteiger partial charge is 0.232 e. The van der Waals surface area contributed by atoms with Crippen LogP contribution in [0.5, 0.6) is 0 Å². The van der Waals surface area contributed by atoms with Gasteiger partial charge in [0.1, 0.15) is 15.7 Å². The van der Waals surface area contributed by atoms with Gasteiger partial charge in [-0.05, 0) is 30.5 Å². The maximum absolute atomic E-state index is 13.2. The van der Waals surface area contributed by atoms with Crippen LogP contribution in [-0.4, -0.2) is 30.8 Å². The molecule has 0 bridgehead atoms. The average molecular weight is 382 g/mol. The molecule has 1 aromatic heterocycles. The number of hydrogen-bond donors (Lipinski definition) is 1. The van der Waals surface area contributed by atoms with Gasteiger partial charge in [0.25, 0.3) is 0 Å². The lowest BCUT2D eigenvalue weighted by Crippen LogP contribution is -2.40. The molecule has 25 heavy (non-hydrogen) atoms. The Balaban J connectivity index is 1.64. The van der Waals surface area contributed by atoms with Crippen LogP contribution in [0.4, 0.5) is 9.52 Å². The summed E-state index contributed by atoms with van der Waals surface area (Å²) in [6.45, 7) is 1.79. The van der Waals surface area contributed by atoms with E-state index in [4.69, 9.17) is 0 Å². The minimum absolute atomic E-state index is 0.0413. The number of sulfone groups is 1. The summed E-state index contributed by atoms with van der Waals surface area (Å²) >= 11 is 1.34. The van der Waals surface area contributed by atoms with Gasteiger partial charge in [0.05, 0.1) is 11.5 Å². The molecule has 3 rings (SSSR count). The first-order valence-corrected chi connectivity index (χ1v) is 10.6. The zero-order valence-corrected chi connectivity index (χ0v) is 15.4. The van der Waals surface area contributed by atoms with Crippen molar-refractivity contribution in [2.75, 3.05) is 16.8 Å². The summed E-state index contributed by atoms with van der Waals surface area (Å²) in [4.78, 5) is 17.6. The van der Waals surface area contributed by atoms with Crippen molar-refractivity contribution in [3.63, 3.8) is 0 Å². The number of hydrogen-bond acceptors (Lipinski definition) is 5. The fourth-order valence-corrected chi connectivity index (χ4v) is 5.33. The van der Waals surface area contributed by atoms with E-state index in [0.29, 0.717) is 24.4 Å². The Bertz CT molecular complexity index is 879. The van der Waals surface area contributed by atoms with Gasteiger partial charge in [-0.25, -0.2) is 17.8 Å². The zero-order chi connectivity index (χ0) is 18.1. The second-order valence-electron chi connectivity index (χ2n) is 6.61. The Morgan fingerprint density at radius 3 is 2.76 bits per heavy atom. The highest BCUT2D eigenvalue weighted by Crippen LogP contribution is 2.34. The van der Waals surface area contributed by atoms with E-state index in [2.05, 4.69) is 10.3 Å². The first-order valence-electron chi connectivity index (χ1n) is 7.97. The van der Waals surface area contributed by atoms with Crippen molar-refractivity contribution < 1.29 is 17.6 Å². The summed E-state index contributed by atoms with van der Waals surface area (Å²) < 4.78 is 36.3. The number of nitrogens with one attached hydrogen (secondary N) is 1. The largest absolute Gasteiger partial charge is 0.301 e. The molecule has 0 spiro atoms. The molecule has 1 saturated heterocycles. The summed E-state index contributed by atoms with van der Waals surface area (Å²) in [5.74, 6) is -0.399. The van der Waals surface area contributed by atoms with E-state index in [1.807, 2.05) is 6.07 Å². The third-order valence-electron chi connectivity index (χ3n) is 4.52. The topological polar surface area (TPSA) is 76.1 Å². The molecule has 0 atom stereocenters. The van der Waals surface area contributed by atoms with E-state index in [9.17, 15) is 17.6 Å². The minimum atomic E-state index is -3.02. The highest BCUT2D eigenvalue weighted by molar-refractivity contribution is 7.91. The van der Waals surface area contributed by atoms with Crippen LogP contribution in [0.2, 0.25) is 0 Å². The Morgan fingerprint density at radius 1 is 1.36 bits per heavy atom. The number of halogens is 1. The lowest BCUT2D eigenvalue weighted by Gasteiger charge is -2.31. The van der Waals surface area contributed by atoms with Crippen molar-refractivity contribution in [2.24, 2.45) is 5.41 Å². The molecule has 1 aliphatic rings. The van der Waals surface area contributed by atoms with E-state index in [1.54, 1.807) is 19.2 Å². The molecule has 1 N–H and O–H groups in total.